The highest BCUT2D eigenvalue weighted by molar-refractivity contribution is 8.04. The van der Waals surface area contributed by atoms with E-state index in [0.29, 0.717) is 28.7 Å². The molecule has 8 heteroatoms. The molecular formula is C18H23N4O3S-. The number of thioether (sulfide) groups is 1. The first-order chi connectivity index (χ1) is 12.5. The highest BCUT2D eigenvalue weighted by Crippen LogP contribution is 2.31. The number of aryl methyl sites for hydroxylation is 1. The average molecular weight is 375 g/mol. The largest absolute Gasteiger partial charge is 0.544 e. The lowest BCUT2D eigenvalue weighted by Crippen LogP contribution is -2.23. The number of carboxylic acids is 1. The fourth-order valence-corrected chi connectivity index (χ4v) is 3.17. The van der Waals surface area contributed by atoms with Gasteiger partial charge < -0.3 is 19.5 Å². The molecule has 0 saturated carbocycles. The number of carbonyl (C=O) groups is 1. The summed E-state index contributed by atoms with van der Waals surface area (Å²) in [5.41, 5.74) is 1.68. The molecule has 0 radical (unpaired) electrons. The Bertz CT molecular complexity index is 784. The topological polar surface area (TPSA) is 94.2 Å². The van der Waals surface area contributed by atoms with Gasteiger partial charge >= 0.3 is 0 Å². The Morgan fingerprint density at radius 1 is 1.35 bits per heavy atom. The molecule has 2 aromatic rings. The Kier molecular flexibility index (Phi) is 7.08. The minimum absolute atomic E-state index is 0.0144. The van der Waals surface area contributed by atoms with Crippen molar-refractivity contribution in [3.8, 4) is 5.75 Å². The fraction of sp³-hybridized carbons (Fsp3) is 0.389. The lowest BCUT2D eigenvalue weighted by molar-refractivity contribution is -0.297. The number of aromatic amines is 1. The molecule has 0 aliphatic rings. The molecule has 0 spiro atoms. The zero-order chi connectivity index (χ0) is 19.1. The van der Waals surface area contributed by atoms with Crippen molar-refractivity contribution in [2.45, 2.75) is 32.3 Å². The maximum Gasteiger partial charge on any atom is 0.213 e. The van der Waals surface area contributed by atoms with E-state index in [1.165, 1.54) is 6.08 Å². The number of anilines is 1. The Hall–Kier alpha value is -2.48. The number of nitrogens with zero attached hydrogens (tertiary/aromatic N) is 3. The van der Waals surface area contributed by atoms with Gasteiger partial charge in [-0.3, -0.25) is 5.10 Å². The maximum atomic E-state index is 11.5. The van der Waals surface area contributed by atoms with Crippen molar-refractivity contribution in [2.75, 3.05) is 25.1 Å². The van der Waals surface area contributed by atoms with Gasteiger partial charge in [0.25, 0.3) is 0 Å². The minimum Gasteiger partial charge on any atom is -0.544 e. The highest BCUT2D eigenvalue weighted by atomic mass is 32.2. The van der Waals surface area contributed by atoms with Crippen LogP contribution in [0.3, 0.4) is 0 Å². The van der Waals surface area contributed by atoms with E-state index in [0.717, 1.165) is 30.5 Å². The third-order valence-electron chi connectivity index (χ3n) is 3.88. The van der Waals surface area contributed by atoms with Crippen molar-refractivity contribution in [3.05, 3.63) is 34.5 Å². The summed E-state index contributed by atoms with van der Waals surface area (Å²) in [4.78, 5) is 18.0. The monoisotopic (exact) mass is 375 g/mol. The number of methoxy groups -OCH3 is 1. The van der Waals surface area contributed by atoms with Crippen LogP contribution in [0.1, 0.15) is 32.2 Å². The van der Waals surface area contributed by atoms with Crippen molar-refractivity contribution in [1.29, 1.82) is 0 Å². The number of ether oxygens (including phenoxy) is 1. The molecule has 0 atom stereocenters. The third kappa shape index (κ3) is 4.78. The molecule has 7 nitrogen and oxygen atoms in total. The number of carbonyl (C=O) groups excluding carboxylic acids is 1. The van der Waals surface area contributed by atoms with E-state index >= 15 is 0 Å². The summed E-state index contributed by atoms with van der Waals surface area (Å²) in [6.45, 7) is 7.85. The number of carboxylic acid groups (broad SMARTS) is 1. The predicted molar refractivity (Wildman–Crippen MR) is 101 cm³/mol. The second-order valence-corrected chi connectivity index (χ2v) is 6.42. The van der Waals surface area contributed by atoms with Crippen LogP contribution >= 0.6 is 11.8 Å². The van der Waals surface area contributed by atoms with E-state index in [1.54, 1.807) is 7.11 Å². The van der Waals surface area contributed by atoms with Crippen molar-refractivity contribution < 1.29 is 14.6 Å². The molecule has 140 valence electrons. The smallest absolute Gasteiger partial charge is 0.213 e. The van der Waals surface area contributed by atoms with Crippen LogP contribution in [0, 0.1) is 0 Å². The molecule has 1 aromatic heterocycles. The van der Waals surface area contributed by atoms with Crippen LogP contribution < -0.4 is 14.7 Å². The number of aliphatic carboxylic acids is 1. The van der Waals surface area contributed by atoms with E-state index in [-0.39, 0.29) is 4.91 Å². The molecule has 26 heavy (non-hydrogen) atoms. The Balaban J connectivity index is 2.34. The maximum absolute atomic E-state index is 11.5. The number of aromatic nitrogens is 3. The van der Waals surface area contributed by atoms with Crippen molar-refractivity contribution >= 4 is 29.5 Å². The summed E-state index contributed by atoms with van der Waals surface area (Å²) >= 11 is 0.946. The summed E-state index contributed by atoms with van der Waals surface area (Å²) < 4.78 is 5.45. The SMILES string of the molecule is CCc1nc(S/C(=C\c2ccc(N(CC)CC)cc2OC)C(=O)[O-])n[nH]1. The standard InChI is InChI=1S/C18H24N4O3S/c1-5-16-19-18(21-20-16)26-15(17(23)24)10-12-8-9-13(11-14(12)25-4)22(6-2)7-3/h8-11H,5-7H2,1-4H3,(H,23,24)(H,19,20,21)/p-1/b15-10-. The Morgan fingerprint density at radius 3 is 2.62 bits per heavy atom. The number of nitrogens with one attached hydrogen (secondary N) is 1. The molecule has 1 aromatic carbocycles. The molecule has 2 rings (SSSR count). The van der Waals surface area contributed by atoms with Gasteiger partial charge in [0.15, 0.2) is 0 Å². The first kappa shape index (κ1) is 19.8. The first-order valence-electron chi connectivity index (χ1n) is 8.47. The van der Waals surface area contributed by atoms with Gasteiger partial charge in [0.1, 0.15) is 11.6 Å². The van der Waals surface area contributed by atoms with Gasteiger partial charge in [0.2, 0.25) is 5.16 Å². The van der Waals surface area contributed by atoms with E-state index in [9.17, 15) is 9.90 Å². The molecule has 1 heterocycles. The van der Waals surface area contributed by atoms with Gasteiger partial charge in [-0.25, -0.2) is 4.98 Å². The van der Waals surface area contributed by atoms with Crippen LogP contribution in [-0.2, 0) is 11.2 Å². The van der Waals surface area contributed by atoms with Crippen LogP contribution in [-0.4, -0.2) is 41.3 Å². The average Bonchev–Trinajstić information content (AvgIpc) is 3.10. The van der Waals surface area contributed by atoms with Crippen LogP contribution in [0.4, 0.5) is 5.69 Å². The van der Waals surface area contributed by atoms with Crippen LogP contribution in [0.2, 0.25) is 0 Å². The van der Waals surface area contributed by atoms with E-state index in [1.807, 2.05) is 25.1 Å². The molecule has 0 bridgehead atoms. The first-order valence-corrected chi connectivity index (χ1v) is 9.29. The Morgan fingerprint density at radius 2 is 2.08 bits per heavy atom. The quantitative estimate of drug-likeness (QED) is 0.530. The van der Waals surface area contributed by atoms with Gasteiger partial charge in [0.05, 0.1) is 13.1 Å². The zero-order valence-electron chi connectivity index (χ0n) is 15.4. The van der Waals surface area contributed by atoms with Gasteiger partial charge in [-0.15, -0.1) is 5.10 Å². The second kappa shape index (κ2) is 9.28. The fourth-order valence-electron chi connectivity index (χ4n) is 2.46. The van der Waals surface area contributed by atoms with Gasteiger partial charge in [-0.2, -0.15) is 0 Å². The molecule has 0 fully saturated rings. The summed E-state index contributed by atoms with van der Waals surface area (Å²) in [5, 5.41) is 18.7. The lowest BCUT2D eigenvalue weighted by Gasteiger charge is -2.22. The molecule has 0 amide bonds. The Labute approximate surface area is 157 Å². The molecule has 1 N–H and O–H groups in total. The summed E-state index contributed by atoms with van der Waals surface area (Å²) in [7, 11) is 1.56. The second-order valence-electron chi connectivity index (χ2n) is 5.41. The highest BCUT2D eigenvalue weighted by Gasteiger charge is 2.11. The molecule has 0 saturated heterocycles. The summed E-state index contributed by atoms with van der Waals surface area (Å²) in [5.74, 6) is 0.0112. The van der Waals surface area contributed by atoms with E-state index in [2.05, 4.69) is 33.9 Å². The lowest BCUT2D eigenvalue weighted by atomic mass is 10.1. The van der Waals surface area contributed by atoms with E-state index in [4.69, 9.17) is 4.74 Å². The summed E-state index contributed by atoms with van der Waals surface area (Å²) in [6, 6.07) is 5.69. The zero-order valence-corrected chi connectivity index (χ0v) is 16.2. The number of hydrogen-bond donors (Lipinski definition) is 1. The molecule has 0 aliphatic heterocycles. The molecule has 0 aliphatic carbocycles. The van der Waals surface area contributed by atoms with Gasteiger partial charge in [-0.05, 0) is 43.8 Å². The van der Waals surface area contributed by atoms with Crippen molar-refractivity contribution in [1.82, 2.24) is 15.2 Å². The normalized spacial score (nSPS) is 11.5. The predicted octanol–water partition coefficient (Wildman–Crippen LogP) is 2.10. The van der Waals surface area contributed by atoms with E-state index < -0.39 is 5.97 Å². The number of hydrogen-bond acceptors (Lipinski definition) is 7. The summed E-state index contributed by atoms with van der Waals surface area (Å²) in [6.07, 6.45) is 2.21. The van der Waals surface area contributed by atoms with Gasteiger partial charge in [-0.1, -0.05) is 6.92 Å². The number of rotatable bonds is 9. The van der Waals surface area contributed by atoms with Crippen LogP contribution in [0.15, 0.2) is 28.3 Å². The number of benzene rings is 1. The third-order valence-corrected chi connectivity index (χ3v) is 4.75. The van der Waals surface area contributed by atoms with Crippen LogP contribution in [0.5, 0.6) is 5.75 Å². The van der Waals surface area contributed by atoms with Gasteiger partial charge in [0, 0.05) is 41.7 Å². The molecular weight excluding hydrogens is 352 g/mol. The minimum atomic E-state index is -1.28. The van der Waals surface area contributed by atoms with Crippen LogP contribution in [0.25, 0.3) is 6.08 Å². The van der Waals surface area contributed by atoms with Crippen molar-refractivity contribution in [2.24, 2.45) is 0 Å². The molecule has 0 unspecified atom stereocenters. The number of H-pyrrole nitrogens is 1. The van der Waals surface area contributed by atoms with Crippen molar-refractivity contribution in [3.63, 3.8) is 0 Å².